The molecule has 1 aromatic carbocycles. The summed E-state index contributed by atoms with van der Waals surface area (Å²) in [7, 11) is 1.55. The van der Waals surface area contributed by atoms with E-state index in [-0.39, 0.29) is 18.5 Å². The number of amides is 2. The Morgan fingerprint density at radius 2 is 1.83 bits per heavy atom. The number of nitrogens with zero attached hydrogens (tertiary/aromatic N) is 4. The number of hydrogen-bond acceptors (Lipinski definition) is 7. The third-order valence-electron chi connectivity index (χ3n) is 7.25. The van der Waals surface area contributed by atoms with Gasteiger partial charge in [0.25, 0.3) is 0 Å². The first-order valence-corrected chi connectivity index (χ1v) is 14.1. The number of carbonyl (C=O) groups excluding carboxylic acids is 2. The fourth-order valence-electron chi connectivity index (χ4n) is 4.99. The summed E-state index contributed by atoms with van der Waals surface area (Å²) in [4.78, 5) is 38.0. The van der Waals surface area contributed by atoms with Crippen molar-refractivity contribution in [1.29, 1.82) is 0 Å². The van der Waals surface area contributed by atoms with Crippen molar-refractivity contribution in [2.45, 2.75) is 65.6 Å². The Kier molecular flexibility index (Phi) is 9.07. The van der Waals surface area contributed by atoms with Gasteiger partial charge >= 0.3 is 6.09 Å². The van der Waals surface area contributed by atoms with E-state index in [9.17, 15) is 9.59 Å². The molecule has 1 aliphatic rings. The van der Waals surface area contributed by atoms with Crippen LogP contribution in [0.3, 0.4) is 0 Å². The van der Waals surface area contributed by atoms with Crippen molar-refractivity contribution < 1.29 is 19.1 Å². The molecule has 0 aliphatic carbocycles. The van der Waals surface area contributed by atoms with Gasteiger partial charge in [-0.05, 0) is 70.4 Å². The molecule has 9 nitrogen and oxygen atoms in total. The first kappa shape index (κ1) is 30.1. The van der Waals surface area contributed by atoms with Gasteiger partial charge in [-0.2, -0.15) is 0 Å². The Hall–Kier alpha value is -3.85. The van der Waals surface area contributed by atoms with Gasteiger partial charge in [-0.25, -0.2) is 9.78 Å². The number of halogens is 1. The molecular formula is C31H38ClN5O4. The van der Waals surface area contributed by atoms with Gasteiger partial charge in [0.05, 0.1) is 30.1 Å². The predicted molar refractivity (Wildman–Crippen MR) is 161 cm³/mol. The number of benzene rings is 1. The molecular weight excluding hydrogens is 542 g/mol. The highest BCUT2D eigenvalue weighted by Gasteiger charge is 2.32. The maximum Gasteiger partial charge on any atom is 0.410 e. The second kappa shape index (κ2) is 12.3. The lowest BCUT2D eigenvalue weighted by atomic mass is 10.0. The van der Waals surface area contributed by atoms with Gasteiger partial charge in [-0.15, -0.1) is 0 Å². The molecule has 4 rings (SSSR count). The van der Waals surface area contributed by atoms with Crippen LogP contribution in [0, 0.1) is 6.92 Å². The van der Waals surface area contributed by atoms with Gasteiger partial charge in [-0.3, -0.25) is 9.78 Å². The van der Waals surface area contributed by atoms with E-state index in [0.29, 0.717) is 59.5 Å². The van der Waals surface area contributed by atoms with Crippen LogP contribution in [0.5, 0.6) is 5.88 Å². The van der Waals surface area contributed by atoms with Gasteiger partial charge in [0.2, 0.25) is 11.8 Å². The van der Waals surface area contributed by atoms with E-state index < -0.39 is 11.7 Å². The maximum atomic E-state index is 13.4. The van der Waals surface area contributed by atoms with Gasteiger partial charge < -0.3 is 25.0 Å². The molecule has 3 heterocycles. The fourth-order valence-corrected chi connectivity index (χ4v) is 5.31. The standard InChI is InChI=1S/C31H38ClN5O4/c1-19-23(8-7-9-25(19)33)28-27(32)24(12-15-34-28)26-11-10-21(29(35-26)40-6)18-37(30(39)41-31(3,4)5)22-13-16-36(17-14-22)20(2)38/h7-12,15,22H,13-14,16-18,33H2,1-6H3. The molecule has 0 unspecified atom stereocenters. The van der Waals surface area contributed by atoms with E-state index in [1.807, 2.05) is 64.1 Å². The van der Waals surface area contributed by atoms with E-state index >= 15 is 0 Å². The van der Waals surface area contributed by atoms with E-state index in [2.05, 4.69) is 4.98 Å². The summed E-state index contributed by atoms with van der Waals surface area (Å²) in [6.07, 6.45) is 2.60. The number of ether oxygens (including phenoxy) is 2. The van der Waals surface area contributed by atoms with Crippen LogP contribution in [0.15, 0.2) is 42.6 Å². The monoisotopic (exact) mass is 579 g/mol. The average Bonchev–Trinajstić information content (AvgIpc) is 2.92. The van der Waals surface area contributed by atoms with Crippen LogP contribution in [0.2, 0.25) is 5.02 Å². The molecule has 3 aromatic rings. The lowest BCUT2D eigenvalue weighted by Crippen LogP contribution is -2.49. The largest absolute Gasteiger partial charge is 0.481 e. The summed E-state index contributed by atoms with van der Waals surface area (Å²) in [6, 6.07) is 11.1. The van der Waals surface area contributed by atoms with Crippen molar-refractivity contribution in [2.24, 2.45) is 0 Å². The van der Waals surface area contributed by atoms with Crippen LogP contribution in [0.25, 0.3) is 22.5 Å². The minimum atomic E-state index is -0.654. The Bertz CT molecular complexity index is 1430. The molecule has 1 fully saturated rings. The summed E-state index contributed by atoms with van der Waals surface area (Å²) in [5.41, 5.74) is 10.5. The first-order valence-electron chi connectivity index (χ1n) is 13.7. The van der Waals surface area contributed by atoms with E-state index in [4.69, 9.17) is 31.8 Å². The molecule has 0 atom stereocenters. The number of nitrogen functional groups attached to an aromatic ring is 1. The fraction of sp³-hybridized carbons (Fsp3) is 0.419. The molecule has 41 heavy (non-hydrogen) atoms. The molecule has 2 aromatic heterocycles. The van der Waals surface area contributed by atoms with Crippen molar-refractivity contribution in [3.05, 3.63) is 58.7 Å². The van der Waals surface area contributed by atoms with E-state index in [1.165, 1.54) is 0 Å². The number of anilines is 1. The van der Waals surface area contributed by atoms with Crippen molar-refractivity contribution in [3.8, 4) is 28.4 Å². The quantitative estimate of drug-likeness (QED) is 0.351. The molecule has 10 heteroatoms. The molecule has 2 N–H and O–H groups in total. The first-order chi connectivity index (χ1) is 19.4. The predicted octanol–water partition coefficient (Wildman–Crippen LogP) is 6.11. The van der Waals surface area contributed by atoms with Crippen molar-refractivity contribution in [1.82, 2.24) is 19.8 Å². The molecule has 218 valence electrons. The SMILES string of the molecule is COc1nc(-c2ccnc(-c3cccc(N)c3C)c2Cl)ccc1CN(C(=O)OC(C)(C)C)C1CCN(C(C)=O)CC1. The number of piperidine rings is 1. The minimum Gasteiger partial charge on any atom is -0.481 e. The lowest BCUT2D eigenvalue weighted by molar-refractivity contribution is -0.130. The highest BCUT2D eigenvalue weighted by atomic mass is 35.5. The number of rotatable bonds is 6. The smallest absolute Gasteiger partial charge is 0.410 e. The average molecular weight is 580 g/mol. The summed E-state index contributed by atoms with van der Waals surface area (Å²) in [6.45, 7) is 10.5. The number of methoxy groups -OCH3 is 1. The van der Waals surface area contributed by atoms with Crippen LogP contribution < -0.4 is 10.5 Å². The molecule has 0 bridgehead atoms. The molecule has 0 saturated carbocycles. The minimum absolute atomic E-state index is 0.0394. The normalized spacial score (nSPS) is 14.1. The van der Waals surface area contributed by atoms with Crippen LogP contribution in [0.1, 0.15) is 51.7 Å². The Balaban J connectivity index is 1.66. The lowest BCUT2D eigenvalue weighted by Gasteiger charge is -2.39. The second-order valence-corrected chi connectivity index (χ2v) is 11.6. The topological polar surface area (TPSA) is 111 Å². The van der Waals surface area contributed by atoms with Gasteiger partial charge in [0.15, 0.2) is 0 Å². The summed E-state index contributed by atoms with van der Waals surface area (Å²) in [5, 5.41) is 0.455. The van der Waals surface area contributed by atoms with E-state index in [1.54, 1.807) is 30.0 Å². The zero-order chi connectivity index (χ0) is 29.9. The van der Waals surface area contributed by atoms with Crippen LogP contribution in [0.4, 0.5) is 10.5 Å². The molecule has 0 radical (unpaired) electrons. The van der Waals surface area contributed by atoms with Crippen LogP contribution in [-0.2, 0) is 16.1 Å². The molecule has 1 saturated heterocycles. The number of pyridine rings is 2. The van der Waals surface area contributed by atoms with Gasteiger partial charge in [-0.1, -0.05) is 23.7 Å². The maximum absolute atomic E-state index is 13.4. The number of carbonyl (C=O) groups is 2. The second-order valence-electron chi connectivity index (χ2n) is 11.3. The highest BCUT2D eigenvalue weighted by molar-refractivity contribution is 6.35. The summed E-state index contributed by atoms with van der Waals surface area (Å²) >= 11 is 6.88. The van der Waals surface area contributed by atoms with Crippen LogP contribution >= 0.6 is 11.6 Å². The van der Waals surface area contributed by atoms with Gasteiger partial charge in [0, 0.05) is 54.6 Å². The molecule has 1 aliphatic heterocycles. The zero-order valence-corrected chi connectivity index (χ0v) is 25.3. The summed E-state index contributed by atoms with van der Waals surface area (Å²) in [5.74, 6) is 0.421. The van der Waals surface area contributed by atoms with Crippen molar-refractivity contribution in [3.63, 3.8) is 0 Å². The Labute approximate surface area is 246 Å². The number of hydrogen-bond donors (Lipinski definition) is 1. The summed E-state index contributed by atoms with van der Waals surface area (Å²) < 4.78 is 11.5. The molecule has 2 amide bonds. The zero-order valence-electron chi connectivity index (χ0n) is 24.5. The van der Waals surface area contributed by atoms with Gasteiger partial charge in [0.1, 0.15) is 5.60 Å². The Morgan fingerprint density at radius 3 is 2.46 bits per heavy atom. The third-order valence-corrected chi connectivity index (χ3v) is 7.63. The number of nitrogens with two attached hydrogens (primary N) is 1. The molecule has 0 spiro atoms. The third kappa shape index (κ3) is 6.90. The number of aromatic nitrogens is 2. The Morgan fingerprint density at radius 1 is 1.12 bits per heavy atom. The van der Waals surface area contributed by atoms with Crippen molar-refractivity contribution in [2.75, 3.05) is 25.9 Å². The number of likely N-dealkylation sites (tertiary alicyclic amines) is 1. The van der Waals surface area contributed by atoms with Crippen LogP contribution in [-0.4, -0.2) is 63.6 Å². The van der Waals surface area contributed by atoms with Crippen molar-refractivity contribution >= 4 is 29.3 Å². The van der Waals surface area contributed by atoms with E-state index in [0.717, 1.165) is 16.7 Å². The highest BCUT2D eigenvalue weighted by Crippen LogP contribution is 2.37.